The Morgan fingerprint density at radius 1 is 1.53 bits per heavy atom. The molecule has 0 aliphatic carbocycles. The minimum Gasteiger partial charge on any atom is -0.490 e. The van der Waals surface area contributed by atoms with Crippen molar-refractivity contribution in [3.8, 4) is 5.75 Å². The van der Waals surface area contributed by atoms with E-state index in [1.165, 1.54) is 0 Å². The molecular weight excluding hydrogens is 240 g/mol. The van der Waals surface area contributed by atoms with Gasteiger partial charge in [-0.1, -0.05) is 38.6 Å². The maximum Gasteiger partial charge on any atom is 0.240 e. The van der Waals surface area contributed by atoms with Crippen molar-refractivity contribution in [3.63, 3.8) is 0 Å². The van der Waals surface area contributed by atoms with E-state index in [2.05, 4.69) is 17.1 Å². The molecule has 0 atom stereocenters. The van der Waals surface area contributed by atoms with Crippen LogP contribution in [-0.2, 0) is 4.79 Å². The van der Waals surface area contributed by atoms with Crippen molar-refractivity contribution in [1.29, 1.82) is 0 Å². The van der Waals surface area contributed by atoms with Crippen LogP contribution in [-0.4, -0.2) is 18.7 Å². The Bertz CT molecular complexity index is 453. The molecule has 0 saturated carbocycles. The summed E-state index contributed by atoms with van der Waals surface area (Å²) in [6.45, 7) is 8.04. The molecule has 1 aromatic carbocycles. The van der Waals surface area contributed by atoms with Crippen LogP contribution in [0.3, 0.4) is 0 Å². The molecular formula is C15H20N2O2. The third kappa shape index (κ3) is 6.41. The summed E-state index contributed by atoms with van der Waals surface area (Å²) in [4.78, 5) is 11.4. The molecule has 4 nitrogen and oxygen atoms in total. The summed E-state index contributed by atoms with van der Waals surface area (Å²) in [6.07, 6.45) is 3.76. The maximum atomic E-state index is 11.4. The summed E-state index contributed by atoms with van der Waals surface area (Å²) < 4.78 is 5.41. The lowest BCUT2D eigenvalue weighted by atomic mass is 10.1. The molecule has 0 radical (unpaired) electrons. The first-order valence-corrected chi connectivity index (χ1v) is 6.27. The van der Waals surface area contributed by atoms with Crippen LogP contribution < -0.4 is 10.2 Å². The number of nitrogens with zero attached hydrogens (tertiary/aromatic N) is 1. The molecule has 1 amide bonds. The molecule has 0 aliphatic heterocycles. The van der Waals surface area contributed by atoms with E-state index in [0.29, 0.717) is 18.9 Å². The monoisotopic (exact) mass is 260 g/mol. The van der Waals surface area contributed by atoms with Crippen molar-refractivity contribution in [2.45, 2.75) is 20.3 Å². The van der Waals surface area contributed by atoms with Gasteiger partial charge in [-0.2, -0.15) is 5.10 Å². The van der Waals surface area contributed by atoms with Crippen LogP contribution in [0, 0.1) is 5.92 Å². The molecule has 19 heavy (non-hydrogen) atoms. The number of rotatable bonds is 7. The van der Waals surface area contributed by atoms with E-state index in [4.69, 9.17) is 4.74 Å². The Hall–Kier alpha value is -2.10. The molecule has 0 heterocycles. The molecule has 1 N–H and O–H groups in total. The van der Waals surface area contributed by atoms with E-state index in [1.807, 2.05) is 38.1 Å². The van der Waals surface area contributed by atoms with Gasteiger partial charge >= 0.3 is 0 Å². The first-order valence-electron chi connectivity index (χ1n) is 6.27. The van der Waals surface area contributed by atoms with Gasteiger partial charge in [0, 0.05) is 6.42 Å². The molecule has 1 rings (SSSR count). The van der Waals surface area contributed by atoms with Crippen LogP contribution in [0.5, 0.6) is 5.75 Å². The Morgan fingerprint density at radius 2 is 2.32 bits per heavy atom. The standard InChI is InChI=1S/C15H20N2O2/c1-4-8-19-14-7-5-6-13(10-14)11-16-17-15(18)9-12(2)3/h4-7,10-12H,1,8-9H2,2-3H3,(H,17,18). The van der Waals surface area contributed by atoms with Crippen LogP contribution in [0.15, 0.2) is 42.0 Å². The number of benzene rings is 1. The van der Waals surface area contributed by atoms with Crippen LogP contribution in [0.1, 0.15) is 25.8 Å². The topological polar surface area (TPSA) is 50.7 Å². The Labute approximate surface area is 114 Å². The van der Waals surface area contributed by atoms with Gasteiger partial charge in [0.05, 0.1) is 6.21 Å². The van der Waals surface area contributed by atoms with E-state index in [-0.39, 0.29) is 5.91 Å². The second-order valence-corrected chi connectivity index (χ2v) is 4.56. The van der Waals surface area contributed by atoms with E-state index >= 15 is 0 Å². The second-order valence-electron chi connectivity index (χ2n) is 4.56. The Morgan fingerprint density at radius 3 is 3.00 bits per heavy atom. The minimum atomic E-state index is -0.0784. The van der Waals surface area contributed by atoms with Gasteiger partial charge in [-0.15, -0.1) is 0 Å². The number of amides is 1. The van der Waals surface area contributed by atoms with Gasteiger partial charge in [-0.3, -0.25) is 4.79 Å². The Kier molecular flexibility index (Phi) is 6.36. The van der Waals surface area contributed by atoms with Gasteiger partial charge in [0.1, 0.15) is 12.4 Å². The van der Waals surface area contributed by atoms with E-state index in [1.54, 1.807) is 12.3 Å². The van der Waals surface area contributed by atoms with Crippen LogP contribution in [0.25, 0.3) is 0 Å². The number of hydrogen-bond donors (Lipinski definition) is 1. The summed E-state index contributed by atoms with van der Waals surface area (Å²) in [5.74, 6) is 0.994. The minimum absolute atomic E-state index is 0.0784. The molecule has 0 aromatic heterocycles. The molecule has 0 bridgehead atoms. The summed E-state index contributed by atoms with van der Waals surface area (Å²) in [7, 11) is 0. The van der Waals surface area contributed by atoms with Crippen molar-refractivity contribution in [2.75, 3.05) is 6.61 Å². The average molecular weight is 260 g/mol. The van der Waals surface area contributed by atoms with Crippen molar-refractivity contribution in [1.82, 2.24) is 5.43 Å². The number of hydrogen-bond acceptors (Lipinski definition) is 3. The van der Waals surface area contributed by atoms with E-state index < -0.39 is 0 Å². The van der Waals surface area contributed by atoms with Gasteiger partial charge in [-0.05, 0) is 23.6 Å². The molecule has 0 fully saturated rings. The summed E-state index contributed by atoms with van der Waals surface area (Å²) in [6, 6.07) is 7.47. The molecule has 1 aromatic rings. The van der Waals surface area contributed by atoms with Crippen LogP contribution in [0.4, 0.5) is 0 Å². The predicted octanol–water partition coefficient (Wildman–Crippen LogP) is 2.75. The SMILES string of the molecule is C=CCOc1cccc(C=NNC(=O)CC(C)C)c1. The highest BCUT2D eigenvalue weighted by Crippen LogP contribution is 2.11. The predicted molar refractivity (Wildman–Crippen MR) is 77.3 cm³/mol. The summed E-state index contributed by atoms with van der Waals surface area (Å²) in [5, 5.41) is 3.92. The lowest BCUT2D eigenvalue weighted by Gasteiger charge is -2.04. The molecule has 0 saturated heterocycles. The normalized spacial score (nSPS) is 10.7. The molecule has 0 spiro atoms. The highest BCUT2D eigenvalue weighted by molar-refractivity contribution is 5.82. The molecule has 102 valence electrons. The number of nitrogens with one attached hydrogen (secondary N) is 1. The number of ether oxygens (including phenoxy) is 1. The van der Waals surface area contributed by atoms with Gasteiger partial charge in [-0.25, -0.2) is 5.43 Å². The fourth-order valence-corrected chi connectivity index (χ4v) is 1.44. The number of carbonyl (C=O) groups is 1. The zero-order chi connectivity index (χ0) is 14.1. The smallest absolute Gasteiger partial charge is 0.240 e. The van der Waals surface area contributed by atoms with Crippen LogP contribution in [0.2, 0.25) is 0 Å². The maximum absolute atomic E-state index is 11.4. The number of carbonyl (C=O) groups excluding carboxylic acids is 1. The molecule has 0 unspecified atom stereocenters. The summed E-state index contributed by atoms with van der Waals surface area (Å²) >= 11 is 0. The van der Waals surface area contributed by atoms with Crippen LogP contribution >= 0.6 is 0 Å². The largest absolute Gasteiger partial charge is 0.490 e. The van der Waals surface area contributed by atoms with Gasteiger partial charge in [0.15, 0.2) is 0 Å². The zero-order valence-corrected chi connectivity index (χ0v) is 11.4. The lowest BCUT2D eigenvalue weighted by Crippen LogP contribution is -2.19. The highest BCUT2D eigenvalue weighted by atomic mass is 16.5. The van der Waals surface area contributed by atoms with Gasteiger partial charge < -0.3 is 4.74 Å². The highest BCUT2D eigenvalue weighted by Gasteiger charge is 2.02. The first-order chi connectivity index (χ1) is 9.11. The van der Waals surface area contributed by atoms with Crippen molar-refractivity contribution < 1.29 is 9.53 Å². The fraction of sp³-hybridized carbons (Fsp3) is 0.333. The second kappa shape index (κ2) is 8.08. The van der Waals surface area contributed by atoms with E-state index in [0.717, 1.165) is 11.3 Å². The van der Waals surface area contributed by atoms with Gasteiger partial charge in [0.2, 0.25) is 5.91 Å². The lowest BCUT2D eigenvalue weighted by molar-refractivity contribution is -0.121. The van der Waals surface area contributed by atoms with Crippen molar-refractivity contribution >= 4 is 12.1 Å². The average Bonchev–Trinajstić information content (AvgIpc) is 2.36. The molecule has 0 aliphatic rings. The number of hydrazone groups is 1. The summed E-state index contributed by atoms with van der Waals surface area (Å²) in [5.41, 5.74) is 3.37. The zero-order valence-electron chi connectivity index (χ0n) is 11.4. The quantitative estimate of drug-likeness (QED) is 0.465. The third-order valence-electron chi connectivity index (χ3n) is 2.22. The fourth-order valence-electron chi connectivity index (χ4n) is 1.44. The third-order valence-corrected chi connectivity index (χ3v) is 2.22. The van der Waals surface area contributed by atoms with Crippen molar-refractivity contribution in [2.24, 2.45) is 11.0 Å². The first kappa shape index (κ1) is 15.0. The molecule has 4 heteroatoms. The Balaban J connectivity index is 2.51. The van der Waals surface area contributed by atoms with Crippen molar-refractivity contribution in [3.05, 3.63) is 42.5 Å². The van der Waals surface area contributed by atoms with E-state index in [9.17, 15) is 4.79 Å². The van der Waals surface area contributed by atoms with Gasteiger partial charge in [0.25, 0.3) is 0 Å².